The highest BCUT2D eigenvalue weighted by molar-refractivity contribution is 7.13. The topological polar surface area (TPSA) is 68.7 Å². The van der Waals surface area contributed by atoms with Gasteiger partial charge < -0.3 is 14.6 Å². The van der Waals surface area contributed by atoms with E-state index < -0.39 is 5.97 Å². The Hall–Kier alpha value is -2.64. The number of aromatic carboxylic acids is 1. The third kappa shape index (κ3) is 3.95. The predicted molar refractivity (Wildman–Crippen MR) is 96.8 cm³/mol. The molecule has 3 rings (SSSR count). The van der Waals surface area contributed by atoms with Gasteiger partial charge in [-0.3, -0.25) is 0 Å². The Kier molecular flexibility index (Phi) is 5.39. The van der Waals surface area contributed by atoms with E-state index in [1.807, 2.05) is 0 Å². The molecule has 0 atom stereocenters. The molecule has 5 nitrogen and oxygen atoms in total. The summed E-state index contributed by atoms with van der Waals surface area (Å²) in [5.74, 6) is -0.679. The van der Waals surface area contributed by atoms with Gasteiger partial charge in [0.1, 0.15) is 17.4 Å². The van der Waals surface area contributed by atoms with E-state index in [0.29, 0.717) is 27.1 Å². The molecule has 3 aromatic rings. The molecule has 0 saturated carbocycles. The van der Waals surface area contributed by atoms with Gasteiger partial charge in [0.25, 0.3) is 0 Å². The molecule has 8 heteroatoms. The van der Waals surface area contributed by atoms with Crippen LogP contribution in [0.1, 0.15) is 16.1 Å². The maximum Gasteiger partial charge on any atom is 0.355 e. The summed E-state index contributed by atoms with van der Waals surface area (Å²) >= 11 is 7.51. The molecular formula is C18H13ClFNO4S. The van der Waals surface area contributed by atoms with Gasteiger partial charge in [0, 0.05) is 10.9 Å². The van der Waals surface area contributed by atoms with Crippen LogP contribution < -0.4 is 9.47 Å². The zero-order valence-electron chi connectivity index (χ0n) is 13.5. The quantitative estimate of drug-likeness (QED) is 0.645. The Morgan fingerprint density at radius 2 is 2.04 bits per heavy atom. The van der Waals surface area contributed by atoms with Crippen molar-refractivity contribution in [2.24, 2.45) is 0 Å². The predicted octanol–water partition coefficient (Wildman–Crippen LogP) is 4.89. The second-order valence-electron chi connectivity index (χ2n) is 5.25. The Balaban J connectivity index is 1.86. The Bertz CT molecular complexity index is 943. The lowest BCUT2D eigenvalue weighted by Gasteiger charge is -2.13. The van der Waals surface area contributed by atoms with Crippen LogP contribution in [0.5, 0.6) is 11.5 Å². The van der Waals surface area contributed by atoms with E-state index in [1.165, 1.54) is 36.0 Å². The normalized spacial score (nSPS) is 10.6. The maximum atomic E-state index is 13.0. The van der Waals surface area contributed by atoms with Crippen LogP contribution in [-0.2, 0) is 6.61 Å². The van der Waals surface area contributed by atoms with Crippen LogP contribution in [0.25, 0.3) is 10.6 Å². The van der Waals surface area contributed by atoms with E-state index in [4.69, 9.17) is 26.2 Å². The first-order valence-corrected chi connectivity index (χ1v) is 8.67. The summed E-state index contributed by atoms with van der Waals surface area (Å²) in [5.41, 5.74) is 1.37. The first-order valence-electron chi connectivity index (χ1n) is 7.42. The standard InChI is InChI=1S/C18H13ClFNO4S/c1-24-15-7-11(17-21-14(9-26-17)18(22)23)6-13(19)16(15)25-8-10-2-4-12(20)5-3-10/h2-7,9H,8H2,1H3,(H,22,23). The van der Waals surface area contributed by atoms with E-state index in [2.05, 4.69) is 4.98 Å². The minimum absolute atomic E-state index is 0.0308. The van der Waals surface area contributed by atoms with Crippen molar-refractivity contribution < 1.29 is 23.8 Å². The highest BCUT2D eigenvalue weighted by Gasteiger charge is 2.16. The van der Waals surface area contributed by atoms with Crippen LogP contribution in [0, 0.1) is 5.82 Å². The smallest absolute Gasteiger partial charge is 0.355 e. The number of hydrogen-bond donors (Lipinski definition) is 1. The molecule has 1 aromatic heterocycles. The first-order chi connectivity index (χ1) is 12.5. The summed E-state index contributed by atoms with van der Waals surface area (Å²) in [6.07, 6.45) is 0. The van der Waals surface area contributed by atoms with Crippen molar-refractivity contribution in [1.82, 2.24) is 4.98 Å². The third-order valence-electron chi connectivity index (χ3n) is 3.50. The zero-order valence-corrected chi connectivity index (χ0v) is 15.1. The zero-order chi connectivity index (χ0) is 18.7. The largest absolute Gasteiger partial charge is 0.493 e. The number of methoxy groups -OCH3 is 1. The first kappa shape index (κ1) is 18.2. The molecule has 0 fully saturated rings. The molecule has 0 amide bonds. The molecule has 0 aliphatic heterocycles. The number of carbonyl (C=O) groups is 1. The van der Waals surface area contributed by atoms with Gasteiger partial charge in [-0.05, 0) is 29.8 Å². The van der Waals surface area contributed by atoms with Crippen LogP contribution >= 0.6 is 22.9 Å². The molecule has 134 valence electrons. The van der Waals surface area contributed by atoms with Crippen molar-refractivity contribution in [2.45, 2.75) is 6.61 Å². The van der Waals surface area contributed by atoms with E-state index in [0.717, 1.165) is 5.56 Å². The lowest BCUT2D eigenvalue weighted by atomic mass is 10.2. The summed E-state index contributed by atoms with van der Waals surface area (Å²) in [6, 6.07) is 9.25. The van der Waals surface area contributed by atoms with Gasteiger partial charge in [0.05, 0.1) is 12.1 Å². The van der Waals surface area contributed by atoms with Crippen molar-refractivity contribution in [2.75, 3.05) is 7.11 Å². The van der Waals surface area contributed by atoms with Crippen molar-refractivity contribution in [3.8, 4) is 22.1 Å². The number of thiazole rings is 1. The molecule has 0 aliphatic carbocycles. The minimum atomic E-state index is -1.09. The summed E-state index contributed by atoms with van der Waals surface area (Å²) in [4.78, 5) is 15.0. The SMILES string of the molecule is COc1cc(-c2nc(C(=O)O)cs2)cc(Cl)c1OCc1ccc(F)cc1. The number of carboxylic acid groups (broad SMARTS) is 1. The number of halogens is 2. The Morgan fingerprint density at radius 1 is 1.31 bits per heavy atom. The summed E-state index contributed by atoms with van der Waals surface area (Å²) < 4.78 is 24.0. The number of carboxylic acids is 1. The Morgan fingerprint density at radius 3 is 2.65 bits per heavy atom. The van der Waals surface area contributed by atoms with Crippen LogP contribution in [0.3, 0.4) is 0 Å². The fourth-order valence-electron chi connectivity index (χ4n) is 2.22. The number of ether oxygens (including phenoxy) is 2. The summed E-state index contributed by atoms with van der Waals surface area (Å²) in [5, 5.41) is 11.3. The maximum absolute atomic E-state index is 13.0. The van der Waals surface area contributed by atoms with E-state index in [-0.39, 0.29) is 18.1 Å². The van der Waals surface area contributed by atoms with Crippen molar-refractivity contribution in [1.29, 1.82) is 0 Å². The monoisotopic (exact) mass is 393 g/mol. The van der Waals surface area contributed by atoms with Crippen LogP contribution in [0.4, 0.5) is 4.39 Å². The van der Waals surface area contributed by atoms with Crippen molar-refractivity contribution in [3.05, 3.63) is 63.9 Å². The second-order valence-corrected chi connectivity index (χ2v) is 6.51. The average molecular weight is 394 g/mol. The molecular weight excluding hydrogens is 381 g/mol. The molecule has 2 aromatic carbocycles. The van der Waals surface area contributed by atoms with E-state index >= 15 is 0 Å². The number of nitrogens with zero attached hydrogens (tertiary/aromatic N) is 1. The molecule has 0 spiro atoms. The molecule has 0 unspecified atom stereocenters. The highest BCUT2D eigenvalue weighted by atomic mass is 35.5. The number of hydrogen-bond acceptors (Lipinski definition) is 5. The summed E-state index contributed by atoms with van der Waals surface area (Å²) in [6.45, 7) is 0.191. The van der Waals surface area contributed by atoms with E-state index in [9.17, 15) is 9.18 Å². The van der Waals surface area contributed by atoms with Crippen molar-refractivity contribution in [3.63, 3.8) is 0 Å². The van der Waals surface area contributed by atoms with Gasteiger partial charge in [0.15, 0.2) is 17.2 Å². The van der Waals surface area contributed by atoms with Gasteiger partial charge in [0.2, 0.25) is 0 Å². The lowest BCUT2D eigenvalue weighted by Crippen LogP contribution is -1.99. The minimum Gasteiger partial charge on any atom is -0.493 e. The van der Waals surface area contributed by atoms with Gasteiger partial charge in [-0.1, -0.05) is 23.7 Å². The second kappa shape index (κ2) is 7.72. The Labute approximate surface area is 157 Å². The van der Waals surface area contributed by atoms with E-state index in [1.54, 1.807) is 24.3 Å². The van der Waals surface area contributed by atoms with Crippen molar-refractivity contribution >= 4 is 28.9 Å². The number of rotatable bonds is 6. The van der Waals surface area contributed by atoms with Crippen LogP contribution in [0.15, 0.2) is 41.8 Å². The molecule has 0 radical (unpaired) electrons. The molecule has 1 N–H and O–H groups in total. The molecule has 0 bridgehead atoms. The molecule has 26 heavy (non-hydrogen) atoms. The highest BCUT2D eigenvalue weighted by Crippen LogP contribution is 2.40. The average Bonchev–Trinajstić information content (AvgIpc) is 3.12. The van der Waals surface area contributed by atoms with Gasteiger partial charge in [-0.25, -0.2) is 14.2 Å². The fourth-order valence-corrected chi connectivity index (χ4v) is 3.27. The lowest BCUT2D eigenvalue weighted by molar-refractivity contribution is 0.0691. The van der Waals surface area contributed by atoms with Gasteiger partial charge >= 0.3 is 5.97 Å². The molecule has 0 aliphatic rings. The summed E-state index contributed by atoms with van der Waals surface area (Å²) in [7, 11) is 1.48. The molecule has 1 heterocycles. The van der Waals surface area contributed by atoms with Crippen LogP contribution in [-0.4, -0.2) is 23.2 Å². The number of benzene rings is 2. The van der Waals surface area contributed by atoms with Gasteiger partial charge in [-0.2, -0.15) is 0 Å². The third-order valence-corrected chi connectivity index (χ3v) is 4.67. The fraction of sp³-hybridized carbons (Fsp3) is 0.111. The number of aromatic nitrogens is 1. The molecule has 0 saturated heterocycles. The van der Waals surface area contributed by atoms with Crippen LogP contribution in [0.2, 0.25) is 5.02 Å². The van der Waals surface area contributed by atoms with Gasteiger partial charge in [-0.15, -0.1) is 11.3 Å².